The summed E-state index contributed by atoms with van der Waals surface area (Å²) in [7, 11) is 3.42. The molecule has 2 aromatic rings. The molecule has 4 heterocycles. The van der Waals surface area contributed by atoms with E-state index in [1.165, 1.54) is 59.4 Å². The van der Waals surface area contributed by atoms with Crippen molar-refractivity contribution in [1.29, 1.82) is 0 Å². The summed E-state index contributed by atoms with van der Waals surface area (Å²) < 4.78 is 23.6. The van der Waals surface area contributed by atoms with Crippen molar-refractivity contribution in [3.63, 3.8) is 0 Å². The fraction of sp³-hybridized carbons (Fsp3) is 0.535. The van der Waals surface area contributed by atoms with Gasteiger partial charge in [-0.05, 0) is 27.0 Å². The van der Waals surface area contributed by atoms with Crippen molar-refractivity contribution in [2.45, 2.75) is 85.6 Å². The first-order valence-electron chi connectivity index (χ1n) is 19.8. The molecule has 1 saturated heterocycles. The Labute approximate surface area is 374 Å². The summed E-state index contributed by atoms with van der Waals surface area (Å²) in [4.78, 5) is 42.6. The molecule has 4 aliphatic heterocycles. The molecule has 16 nitrogen and oxygen atoms in total. The van der Waals surface area contributed by atoms with Gasteiger partial charge in [0.15, 0.2) is 5.75 Å². The van der Waals surface area contributed by atoms with Crippen molar-refractivity contribution >= 4 is 40.3 Å². The fourth-order valence-corrected chi connectivity index (χ4v) is 7.92. The first kappa shape index (κ1) is 48.5. The smallest absolute Gasteiger partial charge is 1.00 e. The topological polar surface area (TPSA) is 220 Å². The number of anilines is 1. The number of aromatic hydroxyl groups is 3. The van der Waals surface area contributed by atoms with Crippen LogP contribution in [0.25, 0.3) is 10.8 Å². The third-order valence-electron chi connectivity index (χ3n) is 11.9. The van der Waals surface area contributed by atoms with E-state index in [1.54, 1.807) is 44.9 Å². The number of rotatable bonds is 4. The summed E-state index contributed by atoms with van der Waals surface area (Å²) in [5.74, 6) is -8.34. The van der Waals surface area contributed by atoms with Gasteiger partial charge in [-0.2, -0.15) is 5.10 Å². The van der Waals surface area contributed by atoms with Gasteiger partial charge in [-0.25, -0.2) is 0 Å². The van der Waals surface area contributed by atoms with E-state index in [4.69, 9.17) is 18.9 Å². The van der Waals surface area contributed by atoms with Crippen LogP contribution >= 0.6 is 0 Å². The number of fused-ring (bicyclic) bond motifs is 14. The van der Waals surface area contributed by atoms with E-state index in [2.05, 4.69) is 15.3 Å². The van der Waals surface area contributed by atoms with Crippen molar-refractivity contribution < 1.29 is 89.8 Å². The normalized spacial score (nSPS) is 31.5. The number of hydrogen-bond acceptors (Lipinski definition) is 15. The number of Topliss-reactive ketones (excluding diaryl/α,β-unsaturated/α-hetero) is 1. The number of ether oxygens (including phenoxy) is 4. The first-order valence-corrected chi connectivity index (χ1v) is 19.8. The Morgan fingerprint density at radius 1 is 0.967 bits per heavy atom. The van der Waals surface area contributed by atoms with Gasteiger partial charge in [-0.15, -0.1) is 0 Å². The number of benzene rings is 2. The second-order valence-corrected chi connectivity index (χ2v) is 16.1. The number of likely N-dealkylation sites (N-methyl/N-ethyl adjacent to an activating group) is 1. The van der Waals surface area contributed by atoms with Gasteiger partial charge in [0.25, 0.3) is 11.7 Å². The maximum atomic E-state index is 14.4. The molecule has 0 aromatic heterocycles. The number of methoxy groups -OCH3 is 1. The van der Waals surface area contributed by atoms with Crippen molar-refractivity contribution in [2.24, 2.45) is 28.8 Å². The SMILES string of the molecule is CO[C@H]1/C=C/O[C@@]2(C)Oc3c(C)c(O)c4c(O)c(c(/C=N/N5CCN(C)CC5)c(O)c4c3C2=O)NC(=O)/C(C)=C\C=C\[C@H](C)[C@H](O)[C@@H](C)[C@@H](O)[C@@H](C)[C@H](OC(C)=O)[C@@H]1C.[H-].[Na+]. The Kier molecular flexibility index (Phi) is 15.9. The number of allylic oxidation sites excluding steroid dienone is 2. The number of phenolic OH excluding ortho intramolecular Hbond substituents is 3. The summed E-state index contributed by atoms with van der Waals surface area (Å²) >= 11 is 0. The number of piperazine rings is 1. The summed E-state index contributed by atoms with van der Waals surface area (Å²) in [6, 6.07) is 0. The van der Waals surface area contributed by atoms with Crippen molar-refractivity contribution in [1.82, 2.24) is 9.91 Å². The van der Waals surface area contributed by atoms with Gasteiger partial charge in [-0.3, -0.25) is 19.4 Å². The molecule has 5 bridgehead atoms. The predicted octanol–water partition coefficient (Wildman–Crippen LogP) is 1.45. The average Bonchev–Trinajstić information content (AvgIpc) is 3.46. The molecule has 0 radical (unpaired) electrons. The fourth-order valence-electron chi connectivity index (χ4n) is 7.92. The number of ketones is 1. The monoisotopic (exact) mass is 846 g/mol. The number of amides is 1. The van der Waals surface area contributed by atoms with Crippen LogP contribution in [0.1, 0.15) is 71.4 Å². The number of carbonyl (C=O) groups is 3. The van der Waals surface area contributed by atoms with Crippen LogP contribution in [-0.4, -0.2) is 130 Å². The van der Waals surface area contributed by atoms with Gasteiger partial charge in [0.2, 0.25) is 0 Å². The van der Waals surface area contributed by atoms with E-state index in [0.717, 1.165) is 13.1 Å². The molecule has 0 aliphatic carbocycles. The van der Waals surface area contributed by atoms with E-state index >= 15 is 0 Å². The molecular formula is C43H59N4NaO12. The van der Waals surface area contributed by atoms with Crippen LogP contribution < -0.4 is 39.6 Å². The molecule has 1 fully saturated rings. The van der Waals surface area contributed by atoms with E-state index in [1.807, 2.05) is 7.05 Å². The quantitative estimate of drug-likeness (QED) is 0.0844. The number of nitrogens with zero attached hydrogens (tertiary/aromatic N) is 3. The summed E-state index contributed by atoms with van der Waals surface area (Å²) in [6.07, 6.45) is 4.86. The number of phenols is 3. The standard InChI is InChI=1S/C43H58N4O12.Na.H/c1-21-12-11-13-22(2)42(55)45-33-28(20-44-47-17-15-46(9)16-18-47)37(52)30-31(38(33)53)36(51)26(6)40-32(30)41(54)43(8,59-40)57-19-14-29(56-10)23(3)39(58-27(7)48)25(5)35(50)24(4)34(21)49;;/h11-14,19-21,23-25,29,34-35,39,49-53H,15-18H2,1-10H3,(H,45,55);;/q;+1;-1/b12-11+,19-14+,22-13-,44-20+;;/t21-,23+,24+,25+,29-,34-,35+,39+,43-;;/m0../s1. The zero-order chi connectivity index (χ0) is 43.7. The molecule has 0 unspecified atom stereocenters. The van der Waals surface area contributed by atoms with Gasteiger partial charge < -0.3 is 56.1 Å². The van der Waals surface area contributed by atoms with Crippen LogP contribution in [0.5, 0.6) is 23.0 Å². The van der Waals surface area contributed by atoms with E-state index < -0.39 is 88.8 Å². The average molecular weight is 847 g/mol. The number of hydrazone groups is 1. The maximum Gasteiger partial charge on any atom is 1.00 e. The number of carbonyl (C=O) groups excluding carboxylic acids is 3. The number of hydrogen-bond donors (Lipinski definition) is 6. The Balaban J connectivity index is 0.00000496. The molecule has 0 saturated carbocycles. The van der Waals surface area contributed by atoms with Crippen molar-refractivity contribution in [3.05, 3.63) is 52.8 Å². The maximum absolute atomic E-state index is 14.4. The van der Waals surface area contributed by atoms with E-state index in [9.17, 15) is 39.9 Å². The molecule has 2 aromatic carbocycles. The van der Waals surface area contributed by atoms with Crippen LogP contribution in [0, 0.1) is 30.6 Å². The molecule has 1 amide bonds. The Hall–Kier alpha value is -4.16. The van der Waals surface area contributed by atoms with Crippen LogP contribution in [0.15, 0.2) is 41.2 Å². The molecular weight excluding hydrogens is 787 g/mol. The Morgan fingerprint density at radius 2 is 1.62 bits per heavy atom. The van der Waals surface area contributed by atoms with Crippen molar-refractivity contribution in [3.8, 4) is 23.0 Å². The first-order chi connectivity index (χ1) is 27.7. The zero-order valence-corrected chi connectivity index (χ0v) is 38.3. The Bertz CT molecular complexity index is 2090. The summed E-state index contributed by atoms with van der Waals surface area (Å²) in [6.45, 7) is 15.1. The summed E-state index contributed by atoms with van der Waals surface area (Å²) in [5.41, 5.74) is -0.350. The third-order valence-corrected chi connectivity index (χ3v) is 11.9. The van der Waals surface area contributed by atoms with Gasteiger partial charge in [-0.1, -0.05) is 45.9 Å². The van der Waals surface area contributed by atoms with Crippen LogP contribution in [0.3, 0.4) is 0 Å². The van der Waals surface area contributed by atoms with Gasteiger partial charge >= 0.3 is 41.3 Å². The third kappa shape index (κ3) is 9.65. The molecule has 4 aliphatic rings. The number of esters is 1. The van der Waals surface area contributed by atoms with Gasteiger partial charge in [0.05, 0.1) is 53.0 Å². The zero-order valence-electron chi connectivity index (χ0n) is 37.3. The minimum atomic E-state index is -2.04. The van der Waals surface area contributed by atoms with Crippen LogP contribution in [-0.2, 0) is 23.8 Å². The Morgan fingerprint density at radius 3 is 2.23 bits per heavy atom. The molecule has 60 heavy (non-hydrogen) atoms. The number of aliphatic hydroxyl groups excluding tert-OH is 2. The number of aliphatic hydroxyl groups is 2. The molecule has 17 heteroatoms. The van der Waals surface area contributed by atoms with E-state index in [0.29, 0.717) is 13.1 Å². The van der Waals surface area contributed by atoms with Crippen LogP contribution in [0.4, 0.5) is 5.69 Å². The molecule has 6 N–H and O–H groups in total. The van der Waals surface area contributed by atoms with E-state index in [-0.39, 0.29) is 75.5 Å². The molecule has 9 atom stereocenters. The van der Waals surface area contributed by atoms with Gasteiger partial charge in [0.1, 0.15) is 23.4 Å². The second kappa shape index (κ2) is 19.7. The molecule has 0 spiro atoms. The van der Waals surface area contributed by atoms with Gasteiger partial charge in [0, 0.05) is 87.3 Å². The minimum Gasteiger partial charge on any atom is -1.00 e. The summed E-state index contributed by atoms with van der Waals surface area (Å²) in [5, 5.41) is 66.8. The second-order valence-electron chi connectivity index (χ2n) is 16.1. The predicted molar refractivity (Wildman–Crippen MR) is 222 cm³/mol. The number of nitrogens with one attached hydrogen (secondary N) is 1. The van der Waals surface area contributed by atoms with Crippen molar-refractivity contribution in [2.75, 3.05) is 45.7 Å². The molecule has 6 rings (SSSR count). The molecule has 324 valence electrons. The van der Waals surface area contributed by atoms with Crippen LogP contribution in [0.2, 0.25) is 0 Å². The minimum absolute atomic E-state index is 0. The largest absolute Gasteiger partial charge is 1.00 e.